The Kier molecular flexibility index (Phi) is 2.64. The molecule has 2 aliphatic rings. The van der Waals surface area contributed by atoms with Gasteiger partial charge in [-0.3, -0.25) is 4.79 Å². The average Bonchev–Trinajstić information content (AvgIpc) is 2.55. The van der Waals surface area contributed by atoms with Crippen molar-refractivity contribution in [2.75, 3.05) is 0 Å². The van der Waals surface area contributed by atoms with Gasteiger partial charge >= 0.3 is 0 Å². The first kappa shape index (κ1) is 9.87. The maximum absolute atomic E-state index is 11.3. The van der Waals surface area contributed by atoms with Crippen molar-refractivity contribution in [1.29, 1.82) is 0 Å². The van der Waals surface area contributed by atoms with Crippen LogP contribution in [0.15, 0.2) is 20.4 Å². The van der Waals surface area contributed by atoms with Crippen molar-refractivity contribution in [3.8, 4) is 0 Å². The molecule has 0 aromatic rings. The number of carbonyl (C=O) groups excluding carboxylic acids is 1. The molecule has 2 unspecified atom stereocenters. The third-order valence-electron chi connectivity index (χ3n) is 2.22. The Morgan fingerprint density at radius 2 is 2.23 bits per heavy atom. The zero-order chi connectivity index (χ0) is 9.59. The van der Waals surface area contributed by atoms with Crippen molar-refractivity contribution < 1.29 is 4.79 Å². The summed E-state index contributed by atoms with van der Waals surface area (Å²) in [4.78, 5) is 12.2. The van der Waals surface area contributed by atoms with E-state index in [-0.39, 0.29) is 5.78 Å². The van der Waals surface area contributed by atoms with Crippen LogP contribution < -0.4 is 0 Å². The number of Topliss-reactive ketones (excluding diaryl/α,β-unsaturated/α-hetero) is 1. The lowest BCUT2D eigenvalue weighted by Crippen LogP contribution is -2.10. The minimum absolute atomic E-state index is 0.206. The fraction of sp³-hybridized carbons (Fsp3) is 0.444. The van der Waals surface area contributed by atoms with E-state index < -0.39 is 0 Å². The molecular formula is C9H9BrOS2. The molecule has 2 rings (SSSR count). The lowest BCUT2D eigenvalue weighted by atomic mass is 10.1. The summed E-state index contributed by atoms with van der Waals surface area (Å²) in [5, 5.41) is 3.07. The van der Waals surface area contributed by atoms with E-state index in [1.165, 1.54) is 10.1 Å². The van der Waals surface area contributed by atoms with Gasteiger partial charge in [0.25, 0.3) is 0 Å². The highest BCUT2D eigenvalue weighted by molar-refractivity contribution is 9.12. The van der Waals surface area contributed by atoms with Crippen LogP contribution >= 0.6 is 39.5 Å². The van der Waals surface area contributed by atoms with E-state index in [0.29, 0.717) is 10.5 Å². The number of ketones is 1. The van der Waals surface area contributed by atoms with E-state index in [1.807, 2.05) is 11.8 Å². The maximum atomic E-state index is 11.3. The Hall–Kier alpha value is 0.330. The normalized spacial score (nSPS) is 32.1. The van der Waals surface area contributed by atoms with Gasteiger partial charge in [0, 0.05) is 9.73 Å². The Labute approximate surface area is 94.5 Å². The molecular weight excluding hydrogens is 268 g/mol. The molecule has 13 heavy (non-hydrogen) atoms. The molecule has 70 valence electrons. The number of thioether (sulfide) groups is 2. The van der Waals surface area contributed by atoms with Crippen LogP contribution in [0.2, 0.25) is 0 Å². The monoisotopic (exact) mass is 276 g/mol. The van der Waals surface area contributed by atoms with Crippen LogP contribution in [-0.2, 0) is 4.79 Å². The van der Waals surface area contributed by atoms with E-state index in [9.17, 15) is 4.79 Å². The van der Waals surface area contributed by atoms with Gasteiger partial charge in [0.05, 0.1) is 10.2 Å². The Balaban J connectivity index is 2.29. The molecule has 4 heteroatoms. The molecule has 0 amide bonds. The second-order valence-electron chi connectivity index (χ2n) is 3.17. The van der Waals surface area contributed by atoms with Crippen molar-refractivity contribution in [3.63, 3.8) is 0 Å². The van der Waals surface area contributed by atoms with Crippen LogP contribution in [0.5, 0.6) is 0 Å². The third-order valence-corrected chi connectivity index (χ3v) is 6.66. The number of carbonyl (C=O) groups is 1. The van der Waals surface area contributed by atoms with Gasteiger partial charge in [-0.25, -0.2) is 0 Å². The van der Waals surface area contributed by atoms with Crippen LogP contribution in [0.3, 0.4) is 0 Å². The van der Waals surface area contributed by atoms with Crippen molar-refractivity contribution in [2.45, 2.75) is 24.3 Å². The van der Waals surface area contributed by atoms with Crippen LogP contribution in [0.4, 0.5) is 0 Å². The Morgan fingerprint density at radius 3 is 2.77 bits per heavy atom. The highest BCUT2D eigenvalue weighted by atomic mass is 79.9. The lowest BCUT2D eigenvalue weighted by molar-refractivity contribution is -0.113. The molecule has 0 aromatic carbocycles. The summed E-state index contributed by atoms with van der Waals surface area (Å²) in [6.45, 7) is 3.72. The van der Waals surface area contributed by atoms with Gasteiger partial charge in [0.15, 0.2) is 5.78 Å². The zero-order valence-corrected chi connectivity index (χ0v) is 10.6. The summed E-state index contributed by atoms with van der Waals surface area (Å²) in [7, 11) is 0. The summed E-state index contributed by atoms with van der Waals surface area (Å²) in [6.07, 6.45) is 0. The topological polar surface area (TPSA) is 17.1 Å². The average molecular weight is 277 g/mol. The minimum Gasteiger partial charge on any atom is -0.294 e. The summed E-state index contributed by atoms with van der Waals surface area (Å²) >= 11 is 7.04. The standard InChI is InChI=1S/C9H9BrOS2/c1-4-7(5(2)11)13-9-6(10)3-12-8(4)9/h3,8-9H,1-2H3. The minimum atomic E-state index is 0.206. The highest BCUT2D eigenvalue weighted by Crippen LogP contribution is 2.53. The van der Waals surface area contributed by atoms with E-state index in [2.05, 4.69) is 28.3 Å². The largest absolute Gasteiger partial charge is 0.294 e. The fourth-order valence-electron chi connectivity index (χ4n) is 1.58. The number of allylic oxidation sites excluding steroid dienone is 1. The zero-order valence-electron chi connectivity index (χ0n) is 7.33. The first-order chi connectivity index (χ1) is 6.11. The lowest BCUT2D eigenvalue weighted by Gasteiger charge is -2.09. The van der Waals surface area contributed by atoms with Gasteiger partial charge < -0.3 is 0 Å². The Morgan fingerprint density at radius 1 is 1.54 bits per heavy atom. The first-order valence-corrected chi connectivity index (χ1v) is 6.62. The summed E-state index contributed by atoms with van der Waals surface area (Å²) in [6, 6.07) is 0. The van der Waals surface area contributed by atoms with Gasteiger partial charge in [0.2, 0.25) is 0 Å². The number of rotatable bonds is 1. The predicted octanol–water partition coefficient (Wildman–Crippen LogP) is 3.32. The number of halogens is 1. The van der Waals surface area contributed by atoms with Crippen molar-refractivity contribution in [1.82, 2.24) is 0 Å². The maximum Gasteiger partial charge on any atom is 0.166 e. The summed E-state index contributed by atoms with van der Waals surface area (Å²) in [5.74, 6) is 0.206. The van der Waals surface area contributed by atoms with E-state index in [0.717, 1.165) is 4.91 Å². The molecule has 0 fully saturated rings. The molecule has 0 N–H and O–H groups in total. The Bertz CT molecular complexity index is 333. The van der Waals surface area contributed by atoms with Gasteiger partial charge in [0.1, 0.15) is 0 Å². The van der Waals surface area contributed by atoms with E-state index in [4.69, 9.17) is 0 Å². The predicted molar refractivity (Wildman–Crippen MR) is 63.1 cm³/mol. The van der Waals surface area contributed by atoms with Crippen LogP contribution in [0.1, 0.15) is 13.8 Å². The van der Waals surface area contributed by atoms with Crippen LogP contribution in [-0.4, -0.2) is 16.3 Å². The SMILES string of the molecule is CC(=O)C1=C(C)C2SC=C(Br)C2S1. The summed E-state index contributed by atoms with van der Waals surface area (Å²) < 4.78 is 1.23. The molecule has 1 nitrogen and oxygen atoms in total. The van der Waals surface area contributed by atoms with Crippen molar-refractivity contribution in [3.05, 3.63) is 20.4 Å². The molecule has 0 radical (unpaired) electrons. The van der Waals surface area contributed by atoms with Gasteiger partial charge in [-0.2, -0.15) is 0 Å². The molecule has 0 bridgehead atoms. The van der Waals surface area contributed by atoms with E-state index in [1.54, 1.807) is 18.7 Å². The molecule has 2 aliphatic heterocycles. The van der Waals surface area contributed by atoms with Gasteiger partial charge in [-0.15, -0.1) is 23.5 Å². The second kappa shape index (κ2) is 3.48. The molecule has 2 atom stereocenters. The second-order valence-corrected chi connectivity index (χ2v) is 6.25. The molecule has 0 spiro atoms. The number of hydrogen-bond donors (Lipinski definition) is 0. The van der Waals surface area contributed by atoms with Gasteiger partial charge in [-0.1, -0.05) is 15.9 Å². The van der Waals surface area contributed by atoms with E-state index >= 15 is 0 Å². The van der Waals surface area contributed by atoms with Gasteiger partial charge in [-0.05, 0) is 24.8 Å². The third kappa shape index (κ3) is 1.53. The molecule has 0 aliphatic carbocycles. The molecule has 0 saturated heterocycles. The van der Waals surface area contributed by atoms with Crippen LogP contribution in [0, 0.1) is 0 Å². The number of hydrogen-bond acceptors (Lipinski definition) is 3. The molecule has 2 heterocycles. The molecule has 0 aromatic heterocycles. The number of fused-ring (bicyclic) bond motifs is 1. The summed E-state index contributed by atoms with van der Waals surface area (Å²) in [5.41, 5.74) is 1.25. The first-order valence-electron chi connectivity index (χ1n) is 4.00. The molecule has 0 saturated carbocycles. The highest BCUT2D eigenvalue weighted by Gasteiger charge is 2.39. The smallest absolute Gasteiger partial charge is 0.166 e. The van der Waals surface area contributed by atoms with Crippen molar-refractivity contribution >= 4 is 45.2 Å². The quantitative estimate of drug-likeness (QED) is 0.732. The van der Waals surface area contributed by atoms with Crippen LogP contribution in [0.25, 0.3) is 0 Å². The van der Waals surface area contributed by atoms with Crippen molar-refractivity contribution in [2.24, 2.45) is 0 Å². The fourth-order valence-corrected chi connectivity index (χ4v) is 5.42.